The Morgan fingerprint density at radius 1 is 1.23 bits per heavy atom. The minimum absolute atomic E-state index is 0.0489. The van der Waals surface area contributed by atoms with E-state index in [0.717, 1.165) is 17.0 Å². The van der Waals surface area contributed by atoms with E-state index < -0.39 is 5.72 Å². The minimum Gasteiger partial charge on any atom is -0.495 e. The van der Waals surface area contributed by atoms with Crippen LogP contribution in [-0.4, -0.2) is 25.1 Å². The molecule has 2 aromatic rings. The fraction of sp³-hybridized carbons (Fsp3) is 0.316. The predicted octanol–water partition coefficient (Wildman–Crippen LogP) is 4.29. The van der Waals surface area contributed by atoms with Gasteiger partial charge in [-0.2, -0.15) is 0 Å². The molecule has 136 valence electrons. The SMILES string of the molecule is COc1ccc(Cl)cc1N1C(=S)N[C@H]2C[C@@]1(C)Oc1c(OC)cccc12. The summed E-state index contributed by atoms with van der Waals surface area (Å²) in [6.45, 7) is 2.02. The van der Waals surface area contributed by atoms with E-state index in [9.17, 15) is 0 Å². The molecular weight excluding hydrogens is 372 g/mol. The van der Waals surface area contributed by atoms with Gasteiger partial charge in [-0.3, -0.25) is 4.90 Å². The Kier molecular flexibility index (Phi) is 4.12. The van der Waals surface area contributed by atoms with Gasteiger partial charge in [0.05, 0.1) is 25.9 Å². The van der Waals surface area contributed by atoms with E-state index in [1.54, 1.807) is 20.3 Å². The molecule has 2 aliphatic rings. The standard InChI is InChI=1S/C19H19ClN2O3S/c1-19-10-13(12-5-4-6-16(24-3)17(12)25-19)21-18(26)22(19)14-9-11(20)7-8-15(14)23-2/h4-9,13H,10H2,1-3H3,(H,21,26)/t13-,19+/m0/s1. The Balaban J connectivity index is 1.86. The Labute approximate surface area is 162 Å². The zero-order chi connectivity index (χ0) is 18.5. The van der Waals surface area contributed by atoms with E-state index in [1.165, 1.54) is 0 Å². The number of hydrogen-bond acceptors (Lipinski definition) is 4. The van der Waals surface area contributed by atoms with E-state index in [4.69, 9.17) is 38.0 Å². The molecule has 4 rings (SSSR count). The molecule has 0 spiro atoms. The average molecular weight is 391 g/mol. The summed E-state index contributed by atoms with van der Waals surface area (Å²) >= 11 is 11.9. The van der Waals surface area contributed by atoms with Gasteiger partial charge >= 0.3 is 0 Å². The van der Waals surface area contributed by atoms with Crippen molar-refractivity contribution in [1.29, 1.82) is 0 Å². The Hall–Kier alpha value is -2.18. The van der Waals surface area contributed by atoms with E-state index in [0.29, 0.717) is 28.1 Å². The molecule has 0 unspecified atom stereocenters. The maximum absolute atomic E-state index is 6.46. The molecule has 2 aromatic carbocycles. The summed E-state index contributed by atoms with van der Waals surface area (Å²) < 4.78 is 17.5. The third kappa shape index (κ3) is 2.56. The van der Waals surface area contributed by atoms with Crippen molar-refractivity contribution < 1.29 is 14.2 Å². The molecule has 2 atom stereocenters. The normalized spacial score (nSPS) is 23.6. The second-order valence-electron chi connectivity index (χ2n) is 6.51. The van der Waals surface area contributed by atoms with Crippen LogP contribution in [-0.2, 0) is 0 Å². The first-order valence-electron chi connectivity index (χ1n) is 8.27. The number of ether oxygens (including phenoxy) is 3. The highest BCUT2D eigenvalue weighted by Gasteiger charge is 2.49. The number of halogens is 1. The van der Waals surface area contributed by atoms with Crippen molar-refractivity contribution in [3.05, 3.63) is 47.0 Å². The van der Waals surface area contributed by atoms with Crippen molar-refractivity contribution in [3.8, 4) is 17.2 Å². The molecule has 1 saturated heterocycles. The predicted molar refractivity (Wildman–Crippen MR) is 106 cm³/mol. The van der Waals surface area contributed by atoms with Crippen molar-refractivity contribution in [3.63, 3.8) is 0 Å². The first-order valence-corrected chi connectivity index (χ1v) is 9.05. The first kappa shape index (κ1) is 17.2. The van der Waals surface area contributed by atoms with Gasteiger partial charge < -0.3 is 19.5 Å². The van der Waals surface area contributed by atoms with Crippen LogP contribution in [0, 0.1) is 0 Å². The van der Waals surface area contributed by atoms with Crippen molar-refractivity contribution >= 4 is 34.6 Å². The van der Waals surface area contributed by atoms with Crippen LogP contribution in [0.4, 0.5) is 5.69 Å². The molecule has 7 heteroatoms. The number of rotatable bonds is 3. The second-order valence-corrected chi connectivity index (χ2v) is 7.34. The van der Waals surface area contributed by atoms with Gasteiger partial charge in [-0.05, 0) is 43.4 Å². The summed E-state index contributed by atoms with van der Waals surface area (Å²) in [5, 5.41) is 4.59. The molecule has 1 N–H and O–H groups in total. The van der Waals surface area contributed by atoms with Gasteiger partial charge in [-0.1, -0.05) is 23.7 Å². The highest BCUT2D eigenvalue weighted by molar-refractivity contribution is 7.80. The molecule has 2 bridgehead atoms. The lowest BCUT2D eigenvalue weighted by atomic mass is 9.90. The van der Waals surface area contributed by atoms with Crippen LogP contribution in [0.25, 0.3) is 0 Å². The lowest BCUT2D eigenvalue weighted by Gasteiger charge is -2.52. The Bertz CT molecular complexity index is 891. The van der Waals surface area contributed by atoms with Crippen molar-refractivity contribution in [1.82, 2.24) is 5.32 Å². The molecule has 5 nitrogen and oxygen atoms in total. The summed E-state index contributed by atoms with van der Waals surface area (Å²) in [4.78, 5) is 1.93. The van der Waals surface area contributed by atoms with Crippen molar-refractivity contribution in [2.45, 2.75) is 25.1 Å². The Morgan fingerprint density at radius 2 is 2.00 bits per heavy atom. The third-order valence-electron chi connectivity index (χ3n) is 4.87. The fourth-order valence-electron chi connectivity index (χ4n) is 3.72. The zero-order valence-electron chi connectivity index (χ0n) is 14.7. The summed E-state index contributed by atoms with van der Waals surface area (Å²) in [5.74, 6) is 2.11. The van der Waals surface area contributed by atoms with Gasteiger partial charge in [0.1, 0.15) is 5.75 Å². The van der Waals surface area contributed by atoms with Gasteiger partial charge in [0.15, 0.2) is 22.3 Å². The third-order valence-corrected chi connectivity index (χ3v) is 5.40. The number of anilines is 1. The van der Waals surface area contributed by atoms with Crippen LogP contribution in [0.1, 0.15) is 24.9 Å². The number of benzene rings is 2. The number of nitrogens with one attached hydrogen (secondary N) is 1. The highest BCUT2D eigenvalue weighted by atomic mass is 35.5. The molecule has 0 amide bonds. The van der Waals surface area contributed by atoms with E-state index in [2.05, 4.69) is 5.32 Å². The maximum atomic E-state index is 6.46. The molecule has 0 radical (unpaired) electrons. The van der Waals surface area contributed by atoms with Crippen molar-refractivity contribution in [2.24, 2.45) is 0 Å². The van der Waals surface area contributed by atoms with Crippen LogP contribution in [0.15, 0.2) is 36.4 Å². The van der Waals surface area contributed by atoms with Crippen molar-refractivity contribution in [2.75, 3.05) is 19.1 Å². The summed E-state index contributed by atoms with van der Waals surface area (Å²) in [6, 6.07) is 11.4. The summed E-state index contributed by atoms with van der Waals surface area (Å²) in [6.07, 6.45) is 0.711. The minimum atomic E-state index is -0.702. The number of nitrogens with zero attached hydrogens (tertiary/aromatic N) is 1. The van der Waals surface area contributed by atoms with E-state index in [-0.39, 0.29) is 6.04 Å². The molecule has 2 heterocycles. The number of hydrogen-bond donors (Lipinski definition) is 1. The van der Waals surface area contributed by atoms with Crippen LogP contribution < -0.4 is 24.4 Å². The zero-order valence-corrected chi connectivity index (χ0v) is 16.3. The smallest absolute Gasteiger partial charge is 0.188 e. The number of methoxy groups -OCH3 is 2. The lowest BCUT2D eigenvalue weighted by Crippen LogP contribution is -2.65. The van der Waals surface area contributed by atoms with Gasteiger partial charge in [0.25, 0.3) is 0 Å². The monoisotopic (exact) mass is 390 g/mol. The molecule has 0 aliphatic carbocycles. The molecular formula is C19H19ClN2O3S. The molecule has 1 fully saturated rings. The summed E-state index contributed by atoms with van der Waals surface area (Å²) in [5.41, 5.74) is 1.10. The first-order chi connectivity index (χ1) is 12.5. The largest absolute Gasteiger partial charge is 0.495 e. The molecule has 26 heavy (non-hydrogen) atoms. The van der Waals surface area contributed by atoms with Gasteiger partial charge in [0.2, 0.25) is 0 Å². The van der Waals surface area contributed by atoms with Gasteiger partial charge in [0, 0.05) is 17.0 Å². The summed E-state index contributed by atoms with van der Waals surface area (Å²) in [7, 11) is 3.26. The average Bonchev–Trinajstić information content (AvgIpc) is 2.61. The number of fused-ring (bicyclic) bond motifs is 4. The highest BCUT2D eigenvalue weighted by Crippen LogP contribution is 2.50. The quantitative estimate of drug-likeness (QED) is 0.788. The molecule has 0 aromatic heterocycles. The molecule has 2 aliphatic heterocycles. The second kappa shape index (κ2) is 6.21. The maximum Gasteiger partial charge on any atom is 0.188 e. The van der Waals surface area contributed by atoms with E-state index in [1.807, 2.05) is 42.2 Å². The van der Waals surface area contributed by atoms with Crippen LogP contribution in [0.3, 0.4) is 0 Å². The van der Waals surface area contributed by atoms with Gasteiger partial charge in [-0.25, -0.2) is 0 Å². The van der Waals surface area contributed by atoms with Crippen LogP contribution >= 0.6 is 23.8 Å². The lowest BCUT2D eigenvalue weighted by molar-refractivity contribution is 0.0461. The fourth-order valence-corrected chi connectivity index (χ4v) is 4.32. The number of para-hydroxylation sites is 1. The molecule has 0 saturated carbocycles. The van der Waals surface area contributed by atoms with E-state index >= 15 is 0 Å². The van der Waals surface area contributed by atoms with Gasteiger partial charge in [-0.15, -0.1) is 0 Å². The Morgan fingerprint density at radius 3 is 2.73 bits per heavy atom. The topological polar surface area (TPSA) is 43.0 Å². The number of thiocarbonyl (C=S) groups is 1. The van der Waals surface area contributed by atoms with Crippen LogP contribution in [0.5, 0.6) is 17.2 Å². The van der Waals surface area contributed by atoms with Crippen LogP contribution in [0.2, 0.25) is 5.02 Å².